The fourth-order valence-electron chi connectivity index (χ4n) is 1.90. The van der Waals surface area contributed by atoms with E-state index in [2.05, 4.69) is 10.5 Å². The maximum atomic E-state index is 12.0. The second-order valence-electron chi connectivity index (χ2n) is 4.80. The number of amides is 2. The van der Waals surface area contributed by atoms with Gasteiger partial charge in [0.25, 0.3) is 0 Å². The normalized spacial score (nSPS) is 10.2. The van der Waals surface area contributed by atoms with Crippen LogP contribution < -0.4 is 10.1 Å². The van der Waals surface area contributed by atoms with Crippen LogP contribution in [-0.2, 0) is 13.1 Å². The van der Waals surface area contributed by atoms with Crippen molar-refractivity contribution >= 4 is 6.03 Å². The Bertz CT molecular complexity index is 610. The van der Waals surface area contributed by atoms with E-state index in [0.29, 0.717) is 13.1 Å². The molecule has 0 saturated heterocycles. The highest BCUT2D eigenvalue weighted by Gasteiger charge is 2.11. The fourth-order valence-corrected chi connectivity index (χ4v) is 1.90. The summed E-state index contributed by atoms with van der Waals surface area (Å²) >= 11 is 0. The monoisotopic (exact) mass is 289 g/mol. The number of ether oxygens (including phenoxy) is 1. The van der Waals surface area contributed by atoms with Gasteiger partial charge in [-0.2, -0.15) is 0 Å². The van der Waals surface area contributed by atoms with Crippen LogP contribution in [0.3, 0.4) is 0 Å². The second-order valence-corrected chi connectivity index (χ2v) is 4.80. The number of nitrogens with zero attached hydrogens (tertiary/aromatic N) is 2. The van der Waals surface area contributed by atoms with Crippen molar-refractivity contribution < 1.29 is 14.1 Å². The van der Waals surface area contributed by atoms with Crippen molar-refractivity contribution in [3.63, 3.8) is 0 Å². The number of rotatable bonds is 5. The van der Waals surface area contributed by atoms with Crippen LogP contribution in [0.15, 0.2) is 34.9 Å². The third kappa shape index (κ3) is 4.24. The Balaban J connectivity index is 1.85. The van der Waals surface area contributed by atoms with Gasteiger partial charge in [-0.3, -0.25) is 0 Å². The molecule has 0 radical (unpaired) electrons. The number of aromatic nitrogens is 1. The lowest BCUT2D eigenvalue weighted by atomic mass is 10.2. The van der Waals surface area contributed by atoms with E-state index in [1.54, 1.807) is 19.1 Å². The van der Waals surface area contributed by atoms with Crippen LogP contribution in [0.1, 0.15) is 17.0 Å². The minimum atomic E-state index is -0.168. The molecule has 2 aromatic rings. The molecule has 2 rings (SSSR count). The zero-order chi connectivity index (χ0) is 15.2. The quantitative estimate of drug-likeness (QED) is 0.917. The second kappa shape index (κ2) is 6.78. The summed E-state index contributed by atoms with van der Waals surface area (Å²) in [6.45, 7) is 2.67. The zero-order valence-electron chi connectivity index (χ0n) is 12.4. The molecule has 1 aromatic heterocycles. The number of benzene rings is 1. The Morgan fingerprint density at radius 3 is 2.90 bits per heavy atom. The first kappa shape index (κ1) is 14.9. The van der Waals surface area contributed by atoms with Crippen molar-refractivity contribution in [2.45, 2.75) is 20.0 Å². The molecule has 0 aliphatic heterocycles. The molecular weight excluding hydrogens is 270 g/mol. The smallest absolute Gasteiger partial charge is 0.317 e. The number of carbonyl (C=O) groups excluding carboxylic acids is 1. The molecule has 0 saturated carbocycles. The number of hydrogen-bond donors (Lipinski definition) is 1. The molecular formula is C15H19N3O3. The predicted molar refractivity (Wildman–Crippen MR) is 77.9 cm³/mol. The number of hydrogen-bond acceptors (Lipinski definition) is 4. The molecule has 1 N–H and O–H groups in total. The minimum absolute atomic E-state index is 0.168. The third-order valence-corrected chi connectivity index (χ3v) is 3.00. The van der Waals surface area contributed by atoms with E-state index in [1.165, 1.54) is 0 Å². The number of aryl methyl sites for hydroxylation is 1. The number of methoxy groups -OCH3 is 1. The Morgan fingerprint density at radius 2 is 2.24 bits per heavy atom. The largest absolute Gasteiger partial charge is 0.497 e. The van der Waals surface area contributed by atoms with Gasteiger partial charge < -0.3 is 19.5 Å². The highest BCUT2D eigenvalue weighted by Crippen LogP contribution is 2.12. The molecule has 0 bridgehead atoms. The van der Waals surface area contributed by atoms with Gasteiger partial charge in [-0.25, -0.2) is 4.79 Å². The average Bonchev–Trinajstić information content (AvgIpc) is 2.90. The van der Waals surface area contributed by atoms with Crippen molar-refractivity contribution in [2.24, 2.45) is 0 Å². The fraction of sp³-hybridized carbons (Fsp3) is 0.333. The molecule has 0 atom stereocenters. The highest BCUT2D eigenvalue weighted by atomic mass is 16.5. The van der Waals surface area contributed by atoms with Gasteiger partial charge in [0, 0.05) is 19.7 Å². The minimum Gasteiger partial charge on any atom is -0.497 e. The van der Waals surface area contributed by atoms with Gasteiger partial charge in [0.2, 0.25) is 0 Å². The van der Waals surface area contributed by atoms with E-state index < -0.39 is 0 Å². The number of carbonyl (C=O) groups is 1. The first-order valence-electron chi connectivity index (χ1n) is 6.62. The zero-order valence-corrected chi connectivity index (χ0v) is 12.4. The first-order valence-corrected chi connectivity index (χ1v) is 6.62. The molecule has 0 fully saturated rings. The molecule has 6 nitrogen and oxygen atoms in total. The molecule has 0 unspecified atom stereocenters. The summed E-state index contributed by atoms with van der Waals surface area (Å²) in [5, 5.41) is 6.72. The molecule has 2 amide bonds. The molecule has 0 aliphatic carbocycles. The van der Waals surface area contributed by atoms with Crippen LogP contribution in [0.4, 0.5) is 4.79 Å². The number of urea groups is 1. The van der Waals surface area contributed by atoms with Crippen LogP contribution in [0.5, 0.6) is 5.75 Å². The van der Waals surface area contributed by atoms with E-state index in [-0.39, 0.29) is 6.03 Å². The first-order chi connectivity index (χ1) is 10.1. The van der Waals surface area contributed by atoms with Crippen LogP contribution in [0.25, 0.3) is 0 Å². The van der Waals surface area contributed by atoms with Gasteiger partial charge >= 0.3 is 6.03 Å². The average molecular weight is 289 g/mol. The van der Waals surface area contributed by atoms with Crippen molar-refractivity contribution in [2.75, 3.05) is 14.2 Å². The van der Waals surface area contributed by atoms with E-state index in [9.17, 15) is 4.79 Å². The SMILES string of the molecule is COc1cccc(CNC(=O)N(C)Cc2cc(C)on2)c1. The van der Waals surface area contributed by atoms with Crippen LogP contribution in [-0.4, -0.2) is 30.2 Å². The van der Waals surface area contributed by atoms with E-state index in [0.717, 1.165) is 22.8 Å². The maximum Gasteiger partial charge on any atom is 0.317 e. The Morgan fingerprint density at radius 1 is 1.43 bits per heavy atom. The molecule has 0 spiro atoms. The van der Waals surface area contributed by atoms with Crippen LogP contribution >= 0.6 is 0 Å². The maximum absolute atomic E-state index is 12.0. The molecule has 1 aromatic carbocycles. The van der Waals surface area contributed by atoms with Gasteiger partial charge in [0.1, 0.15) is 17.2 Å². The summed E-state index contributed by atoms with van der Waals surface area (Å²) in [7, 11) is 3.33. The lowest BCUT2D eigenvalue weighted by Crippen LogP contribution is -2.36. The van der Waals surface area contributed by atoms with Gasteiger partial charge in [0.05, 0.1) is 13.7 Å². The standard InChI is InChI=1S/C15H19N3O3/c1-11-7-13(17-21-11)10-18(2)15(19)16-9-12-5-4-6-14(8-12)20-3/h4-8H,9-10H2,1-3H3,(H,16,19). The summed E-state index contributed by atoms with van der Waals surface area (Å²) in [4.78, 5) is 13.6. The summed E-state index contributed by atoms with van der Waals surface area (Å²) in [5.41, 5.74) is 1.71. The lowest BCUT2D eigenvalue weighted by Gasteiger charge is -2.16. The molecule has 112 valence electrons. The summed E-state index contributed by atoms with van der Waals surface area (Å²) in [5.74, 6) is 1.50. The molecule has 21 heavy (non-hydrogen) atoms. The topological polar surface area (TPSA) is 67.6 Å². The van der Waals surface area contributed by atoms with Crippen LogP contribution in [0.2, 0.25) is 0 Å². The Kier molecular flexibility index (Phi) is 4.81. The molecule has 1 heterocycles. The van der Waals surface area contributed by atoms with E-state index >= 15 is 0 Å². The van der Waals surface area contributed by atoms with Gasteiger partial charge in [-0.1, -0.05) is 17.3 Å². The summed E-state index contributed by atoms with van der Waals surface area (Å²) in [6, 6.07) is 9.22. The summed E-state index contributed by atoms with van der Waals surface area (Å²) < 4.78 is 10.1. The van der Waals surface area contributed by atoms with Crippen molar-refractivity contribution in [1.82, 2.24) is 15.4 Å². The highest BCUT2D eigenvalue weighted by molar-refractivity contribution is 5.73. The summed E-state index contributed by atoms with van der Waals surface area (Å²) in [6.07, 6.45) is 0. The van der Waals surface area contributed by atoms with Crippen LogP contribution in [0, 0.1) is 6.92 Å². The van der Waals surface area contributed by atoms with Crippen molar-refractivity contribution in [1.29, 1.82) is 0 Å². The van der Waals surface area contributed by atoms with Crippen molar-refractivity contribution in [3.05, 3.63) is 47.3 Å². The van der Waals surface area contributed by atoms with Gasteiger partial charge in [-0.05, 0) is 24.6 Å². The lowest BCUT2D eigenvalue weighted by molar-refractivity contribution is 0.205. The van der Waals surface area contributed by atoms with E-state index in [1.807, 2.05) is 37.3 Å². The third-order valence-electron chi connectivity index (χ3n) is 3.00. The number of nitrogens with one attached hydrogen (secondary N) is 1. The Hall–Kier alpha value is -2.50. The molecule has 6 heteroatoms. The van der Waals surface area contributed by atoms with Gasteiger partial charge in [-0.15, -0.1) is 0 Å². The molecule has 0 aliphatic rings. The Labute approximate surface area is 123 Å². The van der Waals surface area contributed by atoms with E-state index in [4.69, 9.17) is 9.26 Å². The van der Waals surface area contributed by atoms with Gasteiger partial charge in [0.15, 0.2) is 0 Å². The van der Waals surface area contributed by atoms with Crippen molar-refractivity contribution in [3.8, 4) is 5.75 Å². The predicted octanol–water partition coefficient (Wildman–Crippen LogP) is 2.33.